The molecule has 1 aliphatic rings. The van der Waals surface area contributed by atoms with E-state index in [4.69, 9.17) is 11.6 Å². The fourth-order valence-corrected chi connectivity index (χ4v) is 3.07. The molecule has 0 saturated heterocycles. The minimum absolute atomic E-state index is 0.492. The lowest BCUT2D eigenvalue weighted by Crippen LogP contribution is -2.46. The van der Waals surface area contributed by atoms with E-state index in [2.05, 4.69) is 17.3 Å². The summed E-state index contributed by atoms with van der Waals surface area (Å²) in [4.78, 5) is 0. The van der Waals surface area contributed by atoms with E-state index in [0.717, 1.165) is 47.9 Å². The van der Waals surface area contributed by atoms with Crippen molar-refractivity contribution >= 4 is 11.6 Å². The average molecular weight is 320 g/mol. The van der Waals surface area contributed by atoms with Crippen LogP contribution in [0.2, 0.25) is 5.02 Å². The van der Waals surface area contributed by atoms with Gasteiger partial charge < -0.3 is 10.4 Å². The number of halogens is 1. The quantitative estimate of drug-likeness (QED) is 0.890. The molecule has 3 rings (SSSR count). The molecule has 0 spiro atoms. The normalized spacial score (nSPS) is 16.5. The molecule has 0 bridgehead atoms. The summed E-state index contributed by atoms with van der Waals surface area (Å²) in [5.41, 5.74) is 3.84. The minimum atomic E-state index is -0.492. The maximum atomic E-state index is 10.1. The van der Waals surface area contributed by atoms with Crippen molar-refractivity contribution in [3.05, 3.63) is 46.2 Å². The first-order valence-corrected chi connectivity index (χ1v) is 8.10. The second kappa shape index (κ2) is 6.03. The molecular formula is C17H22ClN3O. The predicted molar refractivity (Wildman–Crippen MR) is 88.6 cm³/mol. The topological polar surface area (TPSA) is 50.1 Å². The molecule has 1 aromatic heterocycles. The molecule has 0 atom stereocenters. The Kier molecular flexibility index (Phi) is 4.26. The van der Waals surface area contributed by atoms with Gasteiger partial charge in [-0.15, -0.1) is 0 Å². The number of hydrogen-bond acceptors (Lipinski definition) is 3. The molecule has 118 valence electrons. The first-order valence-electron chi connectivity index (χ1n) is 7.73. The summed E-state index contributed by atoms with van der Waals surface area (Å²) < 4.78 is 1.95. The number of nitrogens with zero attached hydrogens (tertiary/aromatic N) is 2. The van der Waals surface area contributed by atoms with Gasteiger partial charge in [-0.1, -0.05) is 11.6 Å². The molecule has 1 aromatic carbocycles. The van der Waals surface area contributed by atoms with Gasteiger partial charge in [0, 0.05) is 29.4 Å². The summed E-state index contributed by atoms with van der Waals surface area (Å²) in [6.45, 7) is 5.48. The Morgan fingerprint density at radius 2 is 1.95 bits per heavy atom. The molecule has 0 aliphatic heterocycles. The Bertz CT molecular complexity index is 659. The highest BCUT2D eigenvalue weighted by atomic mass is 35.5. The summed E-state index contributed by atoms with van der Waals surface area (Å²) in [7, 11) is 0. The highest BCUT2D eigenvalue weighted by molar-refractivity contribution is 6.30. The molecule has 1 aliphatic carbocycles. The monoisotopic (exact) mass is 319 g/mol. The van der Waals surface area contributed by atoms with Gasteiger partial charge in [0.05, 0.1) is 17.0 Å². The van der Waals surface area contributed by atoms with Gasteiger partial charge >= 0.3 is 0 Å². The van der Waals surface area contributed by atoms with E-state index >= 15 is 0 Å². The highest BCUT2D eigenvalue weighted by Crippen LogP contribution is 2.30. The van der Waals surface area contributed by atoms with Crippen LogP contribution in [0.15, 0.2) is 24.3 Å². The second-order valence-corrected chi connectivity index (χ2v) is 6.66. The number of nitrogens with one attached hydrogen (secondary N) is 1. The van der Waals surface area contributed by atoms with Crippen LogP contribution < -0.4 is 5.32 Å². The van der Waals surface area contributed by atoms with E-state index in [1.54, 1.807) is 0 Å². The smallest absolute Gasteiger partial charge is 0.0771 e. The number of aromatic nitrogens is 2. The van der Waals surface area contributed by atoms with Gasteiger partial charge in [0.15, 0.2) is 0 Å². The molecule has 0 amide bonds. The van der Waals surface area contributed by atoms with E-state index in [1.165, 1.54) is 5.56 Å². The summed E-state index contributed by atoms with van der Waals surface area (Å²) in [6.07, 6.45) is 2.94. The van der Waals surface area contributed by atoms with Crippen LogP contribution in [0.25, 0.3) is 5.69 Å². The third kappa shape index (κ3) is 3.05. The van der Waals surface area contributed by atoms with Crippen LogP contribution in [0.1, 0.15) is 36.2 Å². The fourth-order valence-electron chi connectivity index (χ4n) is 2.95. The molecule has 5 heteroatoms. The third-order valence-corrected chi connectivity index (χ3v) is 4.80. The van der Waals surface area contributed by atoms with E-state index in [-0.39, 0.29) is 0 Å². The molecular weight excluding hydrogens is 298 g/mol. The molecule has 1 fully saturated rings. The zero-order valence-electron chi connectivity index (χ0n) is 13.1. The Labute approximate surface area is 136 Å². The molecule has 2 aromatic rings. The van der Waals surface area contributed by atoms with Gasteiger partial charge in [-0.05, 0) is 57.4 Å². The average Bonchev–Trinajstić information content (AvgIpc) is 2.74. The SMILES string of the molecule is Cc1nn(-c2ccc(Cl)cc2)c(C)c1CNCC1(O)CCC1. The summed E-state index contributed by atoms with van der Waals surface area (Å²) in [6, 6.07) is 7.68. The standard InChI is InChI=1S/C17H22ClN3O/c1-12-16(10-19-11-17(22)8-3-9-17)13(2)21(20-12)15-6-4-14(18)5-7-15/h4-7,19,22H,3,8-11H2,1-2H3. The molecule has 2 N–H and O–H groups in total. The van der Waals surface area contributed by atoms with Crippen LogP contribution in [0, 0.1) is 13.8 Å². The van der Waals surface area contributed by atoms with Crippen molar-refractivity contribution in [3.63, 3.8) is 0 Å². The van der Waals surface area contributed by atoms with Gasteiger partial charge in [0.1, 0.15) is 0 Å². The summed E-state index contributed by atoms with van der Waals surface area (Å²) >= 11 is 5.94. The predicted octanol–water partition coefficient (Wildman–Crippen LogP) is 3.15. The van der Waals surface area contributed by atoms with Gasteiger partial charge in [-0.25, -0.2) is 4.68 Å². The Hall–Kier alpha value is -1.36. The first kappa shape index (κ1) is 15.5. The maximum Gasteiger partial charge on any atom is 0.0771 e. The zero-order valence-corrected chi connectivity index (χ0v) is 13.8. The number of aliphatic hydroxyl groups is 1. The molecule has 1 saturated carbocycles. The van der Waals surface area contributed by atoms with Crippen molar-refractivity contribution in [1.82, 2.24) is 15.1 Å². The van der Waals surface area contributed by atoms with Gasteiger partial charge in [-0.2, -0.15) is 5.10 Å². The lowest BCUT2D eigenvalue weighted by Gasteiger charge is -2.36. The molecule has 0 radical (unpaired) electrons. The van der Waals surface area contributed by atoms with Crippen molar-refractivity contribution in [1.29, 1.82) is 0 Å². The number of aryl methyl sites for hydroxylation is 1. The number of rotatable bonds is 5. The minimum Gasteiger partial charge on any atom is -0.389 e. The molecule has 1 heterocycles. The molecule has 0 unspecified atom stereocenters. The van der Waals surface area contributed by atoms with E-state index in [1.807, 2.05) is 35.9 Å². The highest BCUT2D eigenvalue weighted by Gasteiger charge is 2.33. The van der Waals surface area contributed by atoms with Crippen molar-refractivity contribution < 1.29 is 5.11 Å². The fraction of sp³-hybridized carbons (Fsp3) is 0.471. The van der Waals surface area contributed by atoms with E-state index in [9.17, 15) is 5.11 Å². The van der Waals surface area contributed by atoms with E-state index < -0.39 is 5.60 Å². The van der Waals surface area contributed by atoms with Crippen LogP contribution in [-0.4, -0.2) is 27.0 Å². The van der Waals surface area contributed by atoms with Crippen molar-refractivity contribution in [2.75, 3.05) is 6.54 Å². The lowest BCUT2D eigenvalue weighted by molar-refractivity contribution is -0.0315. The van der Waals surface area contributed by atoms with Gasteiger partial charge in [0.2, 0.25) is 0 Å². The van der Waals surface area contributed by atoms with Gasteiger partial charge in [0.25, 0.3) is 0 Å². The lowest BCUT2D eigenvalue weighted by atomic mass is 9.80. The number of benzene rings is 1. The van der Waals surface area contributed by atoms with Crippen molar-refractivity contribution in [2.24, 2.45) is 0 Å². The van der Waals surface area contributed by atoms with Crippen molar-refractivity contribution in [3.8, 4) is 5.69 Å². The van der Waals surface area contributed by atoms with Crippen LogP contribution in [0.5, 0.6) is 0 Å². The van der Waals surface area contributed by atoms with Crippen LogP contribution in [-0.2, 0) is 6.54 Å². The summed E-state index contributed by atoms with van der Waals surface area (Å²) in [5, 5.41) is 18.9. The van der Waals surface area contributed by atoms with Crippen LogP contribution >= 0.6 is 11.6 Å². The Balaban J connectivity index is 1.73. The second-order valence-electron chi connectivity index (χ2n) is 6.22. The Morgan fingerprint density at radius 3 is 2.55 bits per heavy atom. The first-order chi connectivity index (χ1) is 10.5. The molecule has 22 heavy (non-hydrogen) atoms. The van der Waals surface area contributed by atoms with Gasteiger partial charge in [-0.3, -0.25) is 0 Å². The largest absolute Gasteiger partial charge is 0.389 e. The van der Waals surface area contributed by atoms with Crippen molar-refractivity contribution in [2.45, 2.75) is 45.3 Å². The molecule has 4 nitrogen and oxygen atoms in total. The zero-order chi connectivity index (χ0) is 15.7. The van der Waals surface area contributed by atoms with Crippen LogP contribution in [0.3, 0.4) is 0 Å². The van der Waals surface area contributed by atoms with E-state index in [0.29, 0.717) is 6.54 Å². The maximum absolute atomic E-state index is 10.1. The number of hydrogen-bond donors (Lipinski definition) is 2. The van der Waals surface area contributed by atoms with Crippen LogP contribution in [0.4, 0.5) is 0 Å². The summed E-state index contributed by atoms with van der Waals surface area (Å²) in [5.74, 6) is 0. The Morgan fingerprint density at radius 1 is 1.27 bits per heavy atom. The third-order valence-electron chi connectivity index (χ3n) is 4.55.